The maximum atomic E-state index is 5.48. The van der Waals surface area contributed by atoms with Gasteiger partial charge in [-0.05, 0) is 82.5 Å². The minimum absolute atomic E-state index is 0.562. The lowest BCUT2D eigenvalue weighted by atomic mass is 9.70. The van der Waals surface area contributed by atoms with Gasteiger partial charge in [0.15, 0.2) is 0 Å². The van der Waals surface area contributed by atoms with E-state index in [0.29, 0.717) is 6.10 Å². The Morgan fingerprint density at radius 3 is 1.94 bits per heavy atom. The van der Waals surface area contributed by atoms with E-state index >= 15 is 0 Å². The molecule has 2 fully saturated rings. The van der Waals surface area contributed by atoms with Crippen LogP contribution < -0.4 is 0 Å². The molecule has 0 saturated heterocycles. The predicted molar refractivity (Wildman–Crippen MR) is 77.6 cm³/mol. The van der Waals surface area contributed by atoms with Crippen molar-refractivity contribution in [2.45, 2.75) is 70.8 Å². The smallest absolute Gasteiger partial charge is 0.0571 e. The van der Waals surface area contributed by atoms with Crippen molar-refractivity contribution in [2.75, 3.05) is 7.11 Å². The average Bonchev–Trinajstić information content (AvgIpc) is 2.46. The third kappa shape index (κ3) is 3.85. The fourth-order valence-electron chi connectivity index (χ4n) is 4.02. The Hall–Kier alpha value is -0.300. The lowest BCUT2D eigenvalue weighted by Gasteiger charge is -2.37. The quantitative estimate of drug-likeness (QED) is 0.640. The van der Waals surface area contributed by atoms with Crippen molar-refractivity contribution in [2.24, 2.45) is 17.8 Å². The van der Waals surface area contributed by atoms with Crippen LogP contribution in [0.25, 0.3) is 0 Å². The Kier molecular flexibility index (Phi) is 5.75. The van der Waals surface area contributed by atoms with Crippen LogP contribution in [0.3, 0.4) is 0 Å². The van der Waals surface area contributed by atoms with Crippen molar-refractivity contribution < 1.29 is 4.74 Å². The first kappa shape index (κ1) is 14.1. The maximum Gasteiger partial charge on any atom is 0.0571 e. The van der Waals surface area contributed by atoms with E-state index in [-0.39, 0.29) is 0 Å². The van der Waals surface area contributed by atoms with Gasteiger partial charge in [-0.1, -0.05) is 12.2 Å². The molecule has 0 unspecified atom stereocenters. The van der Waals surface area contributed by atoms with Crippen LogP contribution in [-0.4, -0.2) is 13.2 Å². The molecule has 0 spiro atoms. The second kappa shape index (κ2) is 7.33. The van der Waals surface area contributed by atoms with E-state index in [0.717, 1.165) is 17.8 Å². The van der Waals surface area contributed by atoms with Gasteiger partial charge in [0.25, 0.3) is 0 Å². The van der Waals surface area contributed by atoms with Gasteiger partial charge >= 0.3 is 0 Å². The lowest BCUT2D eigenvalue weighted by Crippen LogP contribution is -2.28. The van der Waals surface area contributed by atoms with Gasteiger partial charge in [0.1, 0.15) is 0 Å². The minimum Gasteiger partial charge on any atom is -0.381 e. The Labute approximate surface area is 113 Å². The Bertz CT molecular complexity index is 242. The summed E-state index contributed by atoms with van der Waals surface area (Å²) < 4.78 is 5.48. The first-order valence-electron chi connectivity index (χ1n) is 7.97. The van der Waals surface area contributed by atoms with E-state index in [1.165, 1.54) is 57.8 Å². The van der Waals surface area contributed by atoms with E-state index in [4.69, 9.17) is 4.74 Å². The standard InChI is InChI=1S/C17H30O/c1-3-4-5-14-6-8-15(9-7-14)16-10-12-17(18-2)13-11-16/h3-4,14-17H,5-13H2,1-2H3. The number of allylic oxidation sites excluding steroid dienone is 2. The fourth-order valence-corrected chi connectivity index (χ4v) is 4.02. The number of methoxy groups -OCH3 is 1. The molecule has 1 heteroatoms. The van der Waals surface area contributed by atoms with E-state index in [1.54, 1.807) is 0 Å². The van der Waals surface area contributed by atoms with Gasteiger partial charge in [-0.3, -0.25) is 0 Å². The van der Waals surface area contributed by atoms with Gasteiger partial charge in [-0.25, -0.2) is 0 Å². The summed E-state index contributed by atoms with van der Waals surface area (Å²) in [6, 6.07) is 0. The molecule has 104 valence electrons. The summed E-state index contributed by atoms with van der Waals surface area (Å²) in [5.74, 6) is 3.02. The molecule has 0 radical (unpaired) electrons. The van der Waals surface area contributed by atoms with Crippen molar-refractivity contribution in [1.82, 2.24) is 0 Å². The van der Waals surface area contributed by atoms with Crippen LogP contribution in [-0.2, 0) is 4.74 Å². The number of hydrogen-bond donors (Lipinski definition) is 0. The largest absolute Gasteiger partial charge is 0.381 e. The molecule has 2 aliphatic carbocycles. The van der Waals surface area contributed by atoms with Crippen LogP contribution in [0.5, 0.6) is 0 Å². The molecule has 0 aromatic rings. The van der Waals surface area contributed by atoms with Gasteiger partial charge in [0.05, 0.1) is 6.10 Å². The van der Waals surface area contributed by atoms with Crippen LogP contribution in [0.1, 0.15) is 64.7 Å². The second-order valence-corrected chi connectivity index (χ2v) is 6.36. The van der Waals surface area contributed by atoms with E-state index in [9.17, 15) is 0 Å². The van der Waals surface area contributed by atoms with Gasteiger partial charge in [0, 0.05) is 7.11 Å². The van der Waals surface area contributed by atoms with Crippen LogP contribution in [0.4, 0.5) is 0 Å². The Balaban J connectivity index is 1.70. The highest BCUT2D eigenvalue weighted by atomic mass is 16.5. The summed E-state index contributed by atoms with van der Waals surface area (Å²) in [5.41, 5.74) is 0. The molecule has 0 aliphatic heterocycles. The minimum atomic E-state index is 0.562. The van der Waals surface area contributed by atoms with Crippen molar-refractivity contribution in [3.63, 3.8) is 0 Å². The molecule has 2 rings (SSSR count). The molecule has 0 aromatic carbocycles. The molecule has 0 N–H and O–H groups in total. The van der Waals surface area contributed by atoms with Crippen LogP contribution in [0, 0.1) is 17.8 Å². The summed E-state index contributed by atoms with van der Waals surface area (Å²) >= 11 is 0. The third-order valence-corrected chi connectivity index (χ3v) is 5.32. The third-order valence-electron chi connectivity index (χ3n) is 5.32. The predicted octanol–water partition coefficient (Wildman–Crippen LogP) is 4.96. The van der Waals surface area contributed by atoms with Crippen molar-refractivity contribution in [1.29, 1.82) is 0 Å². The molecule has 0 heterocycles. The second-order valence-electron chi connectivity index (χ2n) is 6.36. The normalized spacial score (nSPS) is 38.1. The highest BCUT2D eigenvalue weighted by Gasteiger charge is 2.30. The van der Waals surface area contributed by atoms with Crippen molar-refractivity contribution >= 4 is 0 Å². The molecular formula is C17H30O. The van der Waals surface area contributed by atoms with Gasteiger partial charge in [0.2, 0.25) is 0 Å². The highest BCUT2D eigenvalue weighted by Crippen LogP contribution is 2.41. The highest BCUT2D eigenvalue weighted by molar-refractivity contribution is 4.86. The molecule has 0 bridgehead atoms. The average molecular weight is 250 g/mol. The topological polar surface area (TPSA) is 9.23 Å². The van der Waals surface area contributed by atoms with Crippen LogP contribution in [0.2, 0.25) is 0 Å². The van der Waals surface area contributed by atoms with Crippen molar-refractivity contribution in [3.05, 3.63) is 12.2 Å². The first-order chi connectivity index (χ1) is 8.83. The summed E-state index contributed by atoms with van der Waals surface area (Å²) in [6.07, 6.45) is 17.8. The molecule has 1 nitrogen and oxygen atoms in total. The summed E-state index contributed by atoms with van der Waals surface area (Å²) in [6.45, 7) is 2.14. The molecule has 2 aliphatic rings. The van der Waals surface area contributed by atoms with Crippen LogP contribution in [0.15, 0.2) is 12.2 Å². The summed E-state index contributed by atoms with van der Waals surface area (Å²) in [4.78, 5) is 0. The monoisotopic (exact) mass is 250 g/mol. The fraction of sp³-hybridized carbons (Fsp3) is 0.882. The maximum absolute atomic E-state index is 5.48. The first-order valence-corrected chi connectivity index (χ1v) is 7.97. The van der Waals surface area contributed by atoms with E-state index in [2.05, 4.69) is 19.1 Å². The molecule has 2 saturated carbocycles. The molecule has 0 amide bonds. The summed E-state index contributed by atoms with van der Waals surface area (Å²) in [5, 5.41) is 0. The number of hydrogen-bond acceptors (Lipinski definition) is 1. The zero-order valence-electron chi connectivity index (χ0n) is 12.2. The molecular weight excluding hydrogens is 220 g/mol. The number of rotatable bonds is 4. The molecule has 0 aromatic heterocycles. The van der Waals surface area contributed by atoms with Gasteiger partial charge in [-0.15, -0.1) is 0 Å². The van der Waals surface area contributed by atoms with Gasteiger partial charge in [-0.2, -0.15) is 0 Å². The zero-order chi connectivity index (χ0) is 12.8. The molecule has 18 heavy (non-hydrogen) atoms. The number of ether oxygens (including phenoxy) is 1. The Morgan fingerprint density at radius 2 is 1.44 bits per heavy atom. The summed E-state index contributed by atoms with van der Waals surface area (Å²) in [7, 11) is 1.87. The van der Waals surface area contributed by atoms with Gasteiger partial charge < -0.3 is 4.74 Å². The Morgan fingerprint density at radius 1 is 0.889 bits per heavy atom. The SMILES string of the molecule is CC=CCC1CCC(C2CCC(OC)CC2)CC1. The van der Waals surface area contributed by atoms with Crippen LogP contribution >= 0.6 is 0 Å². The van der Waals surface area contributed by atoms with E-state index in [1.807, 2.05) is 7.11 Å². The zero-order valence-corrected chi connectivity index (χ0v) is 12.2. The lowest BCUT2D eigenvalue weighted by molar-refractivity contribution is 0.0395. The van der Waals surface area contributed by atoms with E-state index < -0.39 is 0 Å². The van der Waals surface area contributed by atoms with Crippen molar-refractivity contribution in [3.8, 4) is 0 Å². The molecule has 0 atom stereocenters.